The Morgan fingerprint density at radius 3 is 2.76 bits per heavy atom. The molecule has 0 aliphatic carbocycles. The van der Waals surface area contributed by atoms with E-state index in [0.29, 0.717) is 13.1 Å². The maximum Gasteiger partial charge on any atom is 0.275 e. The Bertz CT molecular complexity index is 727. The molecule has 0 saturated heterocycles. The number of benzene rings is 1. The van der Waals surface area contributed by atoms with E-state index in [1.54, 1.807) is 20.5 Å². The molecule has 0 spiro atoms. The first kappa shape index (κ1) is 17.4. The average molecular weight is 345 g/mol. The molecule has 134 valence electrons. The van der Waals surface area contributed by atoms with E-state index in [-0.39, 0.29) is 11.9 Å². The first-order valence-corrected chi connectivity index (χ1v) is 8.50. The molecule has 0 bridgehead atoms. The van der Waals surface area contributed by atoms with Crippen molar-refractivity contribution < 1.29 is 23.6 Å². The van der Waals surface area contributed by atoms with E-state index in [9.17, 15) is 4.79 Å². The molecular formula is C19H25N2O4+. The summed E-state index contributed by atoms with van der Waals surface area (Å²) < 4.78 is 16.1. The van der Waals surface area contributed by atoms with Crippen LogP contribution in [0.4, 0.5) is 0 Å². The molecule has 2 atom stereocenters. The number of hydrogen-bond donors (Lipinski definition) is 2. The fraction of sp³-hybridized carbons (Fsp3) is 0.421. The van der Waals surface area contributed by atoms with Crippen molar-refractivity contribution >= 4 is 5.91 Å². The van der Waals surface area contributed by atoms with E-state index in [4.69, 9.17) is 13.9 Å². The molecule has 6 nitrogen and oxygen atoms in total. The van der Waals surface area contributed by atoms with E-state index in [0.717, 1.165) is 30.2 Å². The maximum atomic E-state index is 12.3. The highest BCUT2D eigenvalue weighted by Gasteiger charge is 2.30. The molecule has 1 amide bonds. The molecule has 3 rings (SSSR count). The van der Waals surface area contributed by atoms with Crippen molar-refractivity contribution in [3.63, 3.8) is 0 Å². The zero-order valence-corrected chi connectivity index (χ0v) is 14.9. The number of ether oxygens (including phenoxy) is 2. The minimum Gasteiger partial charge on any atom is -0.493 e. The van der Waals surface area contributed by atoms with E-state index >= 15 is 0 Å². The summed E-state index contributed by atoms with van der Waals surface area (Å²) in [5.41, 5.74) is 2.49. The van der Waals surface area contributed by atoms with E-state index in [2.05, 4.69) is 18.3 Å². The van der Waals surface area contributed by atoms with Gasteiger partial charge in [-0.25, -0.2) is 0 Å². The van der Waals surface area contributed by atoms with E-state index in [1.165, 1.54) is 16.0 Å². The number of rotatable bonds is 6. The Kier molecular flexibility index (Phi) is 5.28. The third kappa shape index (κ3) is 3.79. The van der Waals surface area contributed by atoms with Crippen LogP contribution in [0.5, 0.6) is 11.5 Å². The van der Waals surface area contributed by atoms with E-state index < -0.39 is 0 Å². The van der Waals surface area contributed by atoms with Gasteiger partial charge in [-0.3, -0.25) is 4.79 Å². The van der Waals surface area contributed by atoms with Crippen LogP contribution in [0.25, 0.3) is 0 Å². The van der Waals surface area contributed by atoms with Gasteiger partial charge in [0.2, 0.25) is 0 Å². The second-order valence-corrected chi connectivity index (χ2v) is 6.32. The summed E-state index contributed by atoms with van der Waals surface area (Å²) in [5.74, 6) is 2.28. The minimum atomic E-state index is 0.0298. The van der Waals surface area contributed by atoms with Gasteiger partial charge in [-0.15, -0.1) is 0 Å². The van der Waals surface area contributed by atoms with Gasteiger partial charge in [0.1, 0.15) is 11.8 Å². The first-order valence-electron chi connectivity index (χ1n) is 8.50. The Morgan fingerprint density at radius 2 is 2.08 bits per heavy atom. The number of carbonyl (C=O) groups excluding carboxylic acids is 1. The van der Waals surface area contributed by atoms with Crippen LogP contribution in [0.1, 0.15) is 29.9 Å². The molecule has 0 saturated carbocycles. The fourth-order valence-corrected chi connectivity index (χ4v) is 3.40. The zero-order valence-electron chi connectivity index (χ0n) is 14.9. The average Bonchev–Trinajstić information content (AvgIpc) is 3.15. The maximum absolute atomic E-state index is 12.3. The summed E-state index contributed by atoms with van der Waals surface area (Å²) >= 11 is 0. The standard InChI is InChI=1S/C19H24N2O4/c1-13-16-10-18(24-3)17(23-2)9-14(16)6-7-21(13)12-19(22)20-11-15-5-4-8-25-15/h4-5,8-10,13H,6-7,11-12H2,1-3H3,(H,20,22)/p+1/t13-/m1/s1. The number of amides is 1. The second kappa shape index (κ2) is 7.61. The molecule has 2 aromatic rings. The van der Waals surface area contributed by atoms with Crippen LogP contribution in [0.2, 0.25) is 0 Å². The molecule has 25 heavy (non-hydrogen) atoms. The first-order chi connectivity index (χ1) is 12.1. The van der Waals surface area contributed by atoms with Crippen molar-refractivity contribution in [2.24, 2.45) is 0 Å². The zero-order chi connectivity index (χ0) is 17.8. The molecule has 2 N–H and O–H groups in total. The van der Waals surface area contributed by atoms with Crippen molar-refractivity contribution in [3.8, 4) is 11.5 Å². The smallest absolute Gasteiger partial charge is 0.275 e. The number of hydrogen-bond acceptors (Lipinski definition) is 4. The third-order valence-corrected chi connectivity index (χ3v) is 4.87. The van der Waals surface area contributed by atoms with Crippen molar-refractivity contribution in [1.29, 1.82) is 0 Å². The molecular weight excluding hydrogens is 320 g/mol. The van der Waals surface area contributed by atoms with Crippen LogP contribution in [0, 0.1) is 0 Å². The number of furan rings is 1. The van der Waals surface area contributed by atoms with Gasteiger partial charge < -0.3 is 24.1 Å². The second-order valence-electron chi connectivity index (χ2n) is 6.32. The molecule has 1 aromatic heterocycles. The van der Waals surface area contributed by atoms with Crippen LogP contribution in [-0.2, 0) is 17.8 Å². The predicted octanol–water partition coefficient (Wildman–Crippen LogP) is 1.12. The van der Waals surface area contributed by atoms with Crippen molar-refractivity contribution in [2.75, 3.05) is 27.3 Å². The Balaban J connectivity index is 1.66. The lowest BCUT2D eigenvalue weighted by Gasteiger charge is -2.32. The third-order valence-electron chi connectivity index (χ3n) is 4.87. The van der Waals surface area contributed by atoms with Crippen LogP contribution in [0.3, 0.4) is 0 Å². The summed E-state index contributed by atoms with van der Waals surface area (Å²) in [6, 6.07) is 7.99. The largest absolute Gasteiger partial charge is 0.493 e. The highest BCUT2D eigenvalue weighted by atomic mass is 16.5. The summed E-state index contributed by atoms with van der Waals surface area (Å²) in [7, 11) is 3.29. The Morgan fingerprint density at radius 1 is 1.32 bits per heavy atom. The van der Waals surface area contributed by atoms with Crippen LogP contribution >= 0.6 is 0 Å². The van der Waals surface area contributed by atoms with Crippen LogP contribution < -0.4 is 19.7 Å². The van der Waals surface area contributed by atoms with Crippen molar-refractivity contribution in [2.45, 2.75) is 25.9 Å². The quantitative estimate of drug-likeness (QED) is 0.823. The normalized spacial score (nSPS) is 19.2. The highest BCUT2D eigenvalue weighted by molar-refractivity contribution is 5.76. The number of methoxy groups -OCH3 is 2. The minimum absolute atomic E-state index is 0.0298. The van der Waals surface area contributed by atoms with E-state index in [1.807, 2.05) is 18.2 Å². The Hall–Kier alpha value is -2.47. The molecule has 1 aromatic carbocycles. The lowest BCUT2D eigenvalue weighted by Crippen LogP contribution is -3.14. The molecule has 1 aliphatic heterocycles. The molecule has 0 radical (unpaired) electrons. The van der Waals surface area contributed by atoms with Crippen molar-refractivity contribution in [3.05, 3.63) is 47.4 Å². The number of fused-ring (bicyclic) bond motifs is 1. The highest BCUT2D eigenvalue weighted by Crippen LogP contribution is 2.33. The number of nitrogens with one attached hydrogen (secondary N) is 2. The van der Waals surface area contributed by atoms with Crippen molar-refractivity contribution in [1.82, 2.24) is 5.32 Å². The van der Waals surface area contributed by atoms with Gasteiger partial charge in [0.05, 0.1) is 33.6 Å². The van der Waals surface area contributed by atoms with Gasteiger partial charge in [-0.2, -0.15) is 0 Å². The van der Waals surface area contributed by atoms with Gasteiger partial charge in [-0.1, -0.05) is 0 Å². The number of quaternary nitrogens is 1. The number of carbonyl (C=O) groups is 1. The van der Waals surface area contributed by atoms with Gasteiger partial charge in [-0.05, 0) is 36.8 Å². The summed E-state index contributed by atoms with van der Waals surface area (Å²) in [5, 5.41) is 2.92. The van der Waals surface area contributed by atoms with Gasteiger partial charge >= 0.3 is 0 Å². The molecule has 2 heterocycles. The molecule has 6 heteroatoms. The summed E-state index contributed by atoms with van der Waals surface area (Å²) in [6.07, 6.45) is 2.53. The topological polar surface area (TPSA) is 65.1 Å². The fourth-order valence-electron chi connectivity index (χ4n) is 3.40. The SMILES string of the molecule is COc1cc2c(cc1OC)[C@@H](C)[NH+](CC(=O)NCc1ccco1)CC2. The lowest BCUT2D eigenvalue weighted by molar-refractivity contribution is -0.924. The molecule has 0 fully saturated rings. The van der Waals surface area contributed by atoms with Gasteiger partial charge in [0.15, 0.2) is 18.0 Å². The monoisotopic (exact) mass is 345 g/mol. The van der Waals surface area contributed by atoms with Gasteiger partial charge in [0.25, 0.3) is 5.91 Å². The predicted molar refractivity (Wildman–Crippen MR) is 92.9 cm³/mol. The molecule has 1 aliphatic rings. The summed E-state index contributed by atoms with van der Waals surface area (Å²) in [6.45, 7) is 3.93. The lowest BCUT2D eigenvalue weighted by atomic mass is 9.93. The van der Waals surface area contributed by atoms with Gasteiger partial charge in [0, 0.05) is 12.0 Å². The van der Waals surface area contributed by atoms with Crippen LogP contribution in [0.15, 0.2) is 34.9 Å². The van der Waals surface area contributed by atoms with Crippen LogP contribution in [-0.4, -0.2) is 33.2 Å². The summed E-state index contributed by atoms with van der Waals surface area (Å²) in [4.78, 5) is 13.5. The Labute approximate surface area is 147 Å². The molecule has 1 unspecified atom stereocenters.